The average Bonchev–Trinajstić information content (AvgIpc) is 2.29. The fraction of sp³-hybridized carbons (Fsp3) is 0.667. The highest BCUT2D eigenvalue weighted by Crippen LogP contribution is 2.10. The number of aryl methyl sites for hydroxylation is 1. The van der Waals surface area contributed by atoms with Crippen LogP contribution in [0, 0.1) is 6.92 Å². The van der Waals surface area contributed by atoms with Crippen LogP contribution in [0.5, 0.6) is 0 Å². The number of hydrogen-bond acceptors (Lipinski definition) is 4. The van der Waals surface area contributed by atoms with E-state index < -0.39 is 0 Å². The number of anilines is 1. The van der Waals surface area contributed by atoms with Crippen LogP contribution < -0.4 is 10.2 Å². The maximum atomic E-state index is 4.52. The molecular weight excluding hydrogens is 200 g/mol. The molecule has 4 heteroatoms. The van der Waals surface area contributed by atoms with Gasteiger partial charge in [0.2, 0.25) is 5.95 Å². The summed E-state index contributed by atoms with van der Waals surface area (Å²) in [4.78, 5) is 11.0. The first-order valence-electron chi connectivity index (χ1n) is 5.87. The van der Waals surface area contributed by atoms with E-state index in [1.807, 2.05) is 27.2 Å². The molecular formula is C12H22N4. The standard InChI is InChI=1S/C12H22N4/c1-5-6-7-16(4)12-14-9-11(8-13-3)10(2)15-12/h9,13H,5-8H2,1-4H3. The summed E-state index contributed by atoms with van der Waals surface area (Å²) in [7, 11) is 3.98. The Kier molecular flexibility index (Phi) is 5.19. The highest BCUT2D eigenvalue weighted by atomic mass is 15.2. The van der Waals surface area contributed by atoms with Gasteiger partial charge >= 0.3 is 0 Å². The fourth-order valence-corrected chi connectivity index (χ4v) is 1.52. The van der Waals surface area contributed by atoms with Crippen molar-refractivity contribution in [1.82, 2.24) is 15.3 Å². The van der Waals surface area contributed by atoms with Gasteiger partial charge in [0.15, 0.2) is 0 Å². The van der Waals surface area contributed by atoms with E-state index in [4.69, 9.17) is 0 Å². The molecule has 1 rings (SSSR count). The zero-order chi connectivity index (χ0) is 12.0. The van der Waals surface area contributed by atoms with Gasteiger partial charge in [0, 0.05) is 37.6 Å². The smallest absolute Gasteiger partial charge is 0.225 e. The number of unbranched alkanes of at least 4 members (excludes halogenated alkanes) is 1. The Labute approximate surface area is 98.1 Å². The van der Waals surface area contributed by atoms with Crippen molar-refractivity contribution in [2.45, 2.75) is 33.2 Å². The molecule has 0 aliphatic rings. The minimum atomic E-state index is 0.824. The van der Waals surface area contributed by atoms with Crippen LogP contribution in [0.2, 0.25) is 0 Å². The summed E-state index contributed by atoms with van der Waals surface area (Å²) in [6.45, 7) is 6.06. The van der Waals surface area contributed by atoms with Crippen molar-refractivity contribution in [2.24, 2.45) is 0 Å². The van der Waals surface area contributed by atoms with Crippen LogP contribution in [-0.2, 0) is 6.54 Å². The SMILES string of the molecule is CCCCN(C)c1ncc(CNC)c(C)n1. The minimum Gasteiger partial charge on any atom is -0.344 e. The summed E-state index contributed by atoms with van der Waals surface area (Å²) >= 11 is 0. The van der Waals surface area contributed by atoms with Crippen LogP contribution in [0.4, 0.5) is 5.95 Å². The topological polar surface area (TPSA) is 41.1 Å². The molecule has 1 aromatic heterocycles. The number of rotatable bonds is 6. The highest BCUT2D eigenvalue weighted by molar-refractivity contribution is 5.31. The number of hydrogen-bond donors (Lipinski definition) is 1. The van der Waals surface area contributed by atoms with E-state index in [0.717, 1.165) is 30.3 Å². The van der Waals surface area contributed by atoms with Crippen molar-refractivity contribution >= 4 is 5.95 Å². The summed E-state index contributed by atoms with van der Waals surface area (Å²) in [6.07, 6.45) is 4.29. The third-order valence-corrected chi connectivity index (χ3v) is 2.62. The minimum absolute atomic E-state index is 0.824. The van der Waals surface area contributed by atoms with Crippen molar-refractivity contribution in [3.05, 3.63) is 17.5 Å². The van der Waals surface area contributed by atoms with Gasteiger partial charge in [-0.25, -0.2) is 9.97 Å². The number of nitrogens with zero attached hydrogens (tertiary/aromatic N) is 3. The van der Waals surface area contributed by atoms with Crippen molar-refractivity contribution < 1.29 is 0 Å². The van der Waals surface area contributed by atoms with Gasteiger partial charge in [-0.3, -0.25) is 0 Å². The van der Waals surface area contributed by atoms with Crippen molar-refractivity contribution in [3.63, 3.8) is 0 Å². The summed E-state index contributed by atoms with van der Waals surface area (Å²) in [5, 5.41) is 3.11. The van der Waals surface area contributed by atoms with Gasteiger partial charge < -0.3 is 10.2 Å². The molecule has 0 fully saturated rings. The van der Waals surface area contributed by atoms with E-state index in [-0.39, 0.29) is 0 Å². The zero-order valence-corrected chi connectivity index (χ0v) is 10.7. The lowest BCUT2D eigenvalue weighted by Crippen LogP contribution is -2.21. The van der Waals surface area contributed by atoms with Gasteiger partial charge in [0.05, 0.1) is 0 Å². The molecule has 0 aliphatic carbocycles. The van der Waals surface area contributed by atoms with Gasteiger partial charge in [-0.1, -0.05) is 13.3 Å². The lowest BCUT2D eigenvalue weighted by Gasteiger charge is -2.17. The van der Waals surface area contributed by atoms with Crippen LogP contribution in [0.3, 0.4) is 0 Å². The van der Waals surface area contributed by atoms with Crippen LogP contribution in [0.1, 0.15) is 31.0 Å². The van der Waals surface area contributed by atoms with Gasteiger partial charge in [-0.05, 0) is 20.4 Å². The second kappa shape index (κ2) is 6.43. The van der Waals surface area contributed by atoms with E-state index in [9.17, 15) is 0 Å². The monoisotopic (exact) mass is 222 g/mol. The largest absolute Gasteiger partial charge is 0.344 e. The van der Waals surface area contributed by atoms with Gasteiger partial charge in [0.1, 0.15) is 0 Å². The van der Waals surface area contributed by atoms with Gasteiger partial charge in [-0.15, -0.1) is 0 Å². The van der Waals surface area contributed by atoms with Crippen molar-refractivity contribution in [2.75, 3.05) is 25.5 Å². The van der Waals surface area contributed by atoms with Crippen molar-refractivity contribution in [3.8, 4) is 0 Å². The molecule has 0 saturated carbocycles. The second-order valence-electron chi connectivity index (χ2n) is 4.09. The van der Waals surface area contributed by atoms with E-state index in [1.165, 1.54) is 12.8 Å². The Balaban J connectivity index is 2.71. The van der Waals surface area contributed by atoms with Crippen LogP contribution in [0.25, 0.3) is 0 Å². The molecule has 4 nitrogen and oxygen atoms in total. The molecule has 90 valence electrons. The Morgan fingerprint density at radius 2 is 2.19 bits per heavy atom. The Hall–Kier alpha value is -1.16. The first-order chi connectivity index (χ1) is 7.69. The maximum Gasteiger partial charge on any atom is 0.225 e. The van der Waals surface area contributed by atoms with E-state index in [1.54, 1.807) is 0 Å². The fourth-order valence-electron chi connectivity index (χ4n) is 1.52. The maximum absolute atomic E-state index is 4.52. The van der Waals surface area contributed by atoms with Crippen LogP contribution >= 0.6 is 0 Å². The lowest BCUT2D eigenvalue weighted by atomic mass is 10.2. The summed E-state index contributed by atoms with van der Waals surface area (Å²) in [5.74, 6) is 0.825. The van der Waals surface area contributed by atoms with Crippen LogP contribution in [-0.4, -0.2) is 30.6 Å². The third kappa shape index (κ3) is 3.45. The van der Waals surface area contributed by atoms with E-state index >= 15 is 0 Å². The molecule has 0 unspecified atom stereocenters. The molecule has 0 spiro atoms. The van der Waals surface area contributed by atoms with E-state index in [2.05, 4.69) is 27.1 Å². The normalized spacial score (nSPS) is 10.5. The van der Waals surface area contributed by atoms with Crippen molar-refractivity contribution in [1.29, 1.82) is 0 Å². The molecule has 1 N–H and O–H groups in total. The number of nitrogens with one attached hydrogen (secondary N) is 1. The summed E-state index contributed by atoms with van der Waals surface area (Å²) in [6, 6.07) is 0. The Morgan fingerprint density at radius 3 is 2.75 bits per heavy atom. The predicted molar refractivity (Wildman–Crippen MR) is 67.7 cm³/mol. The van der Waals surface area contributed by atoms with E-state index in [0.29, 0.717) is 0 Å². The third-order valence-electron chi connectivity index (χ3n) is 2.62. The molecule has 1 heterocycles. The molecule has 0 atom stereocenters. The molecule has 1 aromatic rings. The highest BCUT2D eigenvalue weighted by Gasteiger charge is 2.06. The Bertz CT molecular complexity index is 325. The molecule has 0 saturated heterocycles. The molecule has 16 heavy (non-hydrogen) atoms. The molecule has 0 amide bonds. The van der Waals surface area contributed by atoms with Gasteiger partial charge in [-0.2, -0.15) is 0 Å². The molecule has 0 aliphatic heterocycles. The summed E-state index contributed by atoms with van der Waals surface area (Å²) < 4.78 is 0. The number of aromatic nitrogens is 2. The first-order valence-corrected chi connectivity index (χ1v) is 5.87. The quantitative estimate of drug-likeness (QED) is 0.796. The molecule has 0 bridgehead atoms. The lowest BCUT2D eigenvalue weighted by molar-refractivity contribution is 0.741. The molecule has 0 aromatic carbocycles. The summed E-state index contributed by atoms with van der Waals surface area (Å²) in [5.41, 5.74) is 2.22. The average molecular weight is 222 g/mol. The zero-order valence-electron chi connectivity index (χ0n) is 10.7. The van der Waals surface area contributed by atoms with Gasteiger partial charge in [0.25, 0.3) is 0 Å². The van der Waals surface area contributed by atoms with Crippen LogP contribution in [0.15, 0.2) is 6.20 Å². The predicted octanol–water partition coefficient (Wildman–Crippen LogP) is 1.74. The second-order valence-corrected chi connectivity index (χ2v) is 4.09. The molecule has 0 radical (unpaired) electrons. The first kappa shape index (κ1) is 12.9. The Morgan fingerprint density at radius 1 is 1.44 bits per heavy atom.